The van der Waals surface area contributed by atoms with Crippen LogP contribution in [-0.4, -0.2) is 11.7 Å². The van der Waals surface area contributed by atoms with Crippen LogP contribution in [-0.2, 0) is 6.42 Å². The van der Waals surface area contributed by atoms with Crippen molar-refractivity contribution in [1.29, 1.82) is 0 Å². The minimum absolute atomic E-state index is 0.0339. The van der Waals surface area contributed by atoms with Gasteiger partial charge in [0, 0.05) is 23.2 Å². The average Bonchev–Trinajstić information content (AvgIpc) is 2.54. The number of rotatable bonds is 1. The lowest BCUT2D eigenvalue weighted by Crippen LogP contribution is -2.11. The van der Waals surface area contributed by atoms with E-state index in [1.54, 1.807) is 19.1 Å². The molecule has 1 heterocycles. The summed E-state index contributed by atoms with van der Waals surface area (Å²) < 4.78 is 0. The van der Waals surface area contributed by atoms with Crippen LogP contribution in [0.15, 0.2) is 42.5 Å². The van der Waals surface area contributed by atoms with E-state index in [0.29, 0.717) is 17.5 Å². The molecule has 1 aliphatic heterocycles. The number of carbonyl (C=O) groups is 2. The topological polar surface area (TPSA) is 46.2 Å². The van der Waals surface area contributed by atoms with Gasteiger partial charge in [0.1, 0.15) is 0 Å². The molecule has 0 radical (unpaired) electrons. The van der Waals surface area contributed by atoms with E-state index < -0.39 is 0 Å². The summed E-state index contributed by atoms with van der Waals surface area (Å²) in [4.78, 5) is 23.5. The van der Waals surface area contributed by atoms with Gasteiger partial charge in [0.2, 0.25) is 0 Å². The van der Waals surface area contributed by atoms with Crippen molar-refractivity contribution in [1.82, 2.24) is 0 Å². The zero-order valence-electron chi connectivity index (χ0n) is 10.6. The van der Waals surface area contributed by atoms with Crippen molar-refractivity contribution in [3.05, 3.63) is 64.7 Å². The number of hydrogen-bond acceptors (Lipinski definition) is 2. The number of benzene rings is 2. The van der Waals surface area contributed by atoms with Crippen LogP contribution in [0, 0.1) is 0 Å². The van der Waals surface area contributed by atoms with Gasteiger partial charge in [-0.25, -0.2) is 0 Å². The molecule has 3 rings (SSSR count). The molecule has 19 heavy (non-hydrogen) atoms. The molecule has 0 aliphatic carbocycles. The van der Waals surface area contributed by atoms with Crippen LogP contribution in [0.3, 0.4) is 0 Å². The van der Waals surface area contributed by atoms with Crippen molar-refractivity contribution in [2.24, 2.45) is 0 Å². The van der Waals surface area contributed by atoms with Crippen molar-refractivity contribution < 1.29 is 9.59 Å². The molecule has 2 aromatic carbocycles. The van der Waals surface area contributed by atoms with Crippen LogP contribution in [0.25, 0.3) is 0 Å². The molecule has 0 aromatic heterocycles. The summed E-state index contributed by atoms with van der Waals surface area (Å²) in [5.74, 6) is -0.0587. The van der Waals surface area contributed by atoms with Gasteiger partial charge in [0.15, 0.2) is 5.78 Å². The maximum absolute atomic E-state index is 12.1. The smallest absolute Gasteiger partial charge is 0.255 e. The lowest BCUT2D eigenvalue weighted by molar-refractivity contribution is 0.101. The predicted molar refractivity (Wildman–Crippen MR) is 73.6 cm³/mol. The largest absolute Gasteiger partial charge is 0.322 e. The molecule has 1 N–H and O–H groups in total. The van der Waals surface area contributed by atoms with Crippen molar-refractivity contribution in [2.45, 2.75) is 13.3 Å². The van der Waals surface area contributed by atoms with Crippen LogP contribution < -0.4 is 5.32 Å². The molecule has 2 aromatic rings. The van der Waals surface area contributed by atoms with Crippen LogP contribution >= 0.6 is 0 Å². The molecule has 0 atom stereocenters. The maximum Gasteiger partial charge on any atom is 0.255 e. The van der Waals surface area contributed by atoms with Crippen LogP contribution in [0.5, 0.6) is 0 Å². The van der Waals surface area contributed by atoms with Gasteiger partial charge >= 0.3 is 0 Å². The minimum Gasteiger partial charge on any atom is -0.322 e. The van der Waals surface area contributed by atoms with E-state index in [0.717, 1.165) is 16.8 Å². The first-order valence-corrected chi connectivity index (χ1v) is 6.18. The molecular formula is C16H13NO2. The second-order valence-corrected chi connectivity index (χ2v) is 4.72. The Morgan fingerprint density at radius 1 is 1.11 bits per heavy atom. The second kappa shape index (κ2) is 4.35. The molecule has 0 saturated heterocycles. The Morgan fingerprint density at radius 3 is 2.68 bits per heavy atom. The zero-order valence-corrected chi connectivity index (χ0v) is 10.6. The molecule has 0 unspecified atom stereocenters. The van der Waals surface area contributed by atoms with Gasteiger partial charge in [-0.05, 0) is 42.3 Å². The summed E-state index contributed by atoms with van der Waals surface area (Å²) in [6.07, 6.45) is 0.658. The number of hydrogen-bond donors (Lipinski definition) is 1. The van der Waals surface area contributed by atoms with E-state index in [1.165, 1.54) is 0 Å². The first kappa shape index (κ1) is 11.7. The van der Waals surface area contributed by atoms with Crippen molar-refractivity contribution in [2.75, 3.05) is 5.32 Å². The van der Waals surface area contributed by atoms with Gasteiger partial charge in [-0.15, -0.1) is 0 Å². The Kier molecular flexibility index (Phi) is 2.67. The van der Waals surface area contributed by atoms with Gasteiger partial charge in [-0.2, -0.15) is 0 Å². The summed E-state index contributed by atoms with van der Waals surface area (Å²) in [5.41, 5.74) is 4.12. The monoisotopic (exact) mass is 251 g/mol. The van der Waals surface area contributed by atoms with Crippen molar-refractivity contribution in [3.63, 3.8) is 0 Å². The fourth-order valence-corrected chi connectivity index (χ4v) is 2.37. The van der Waals surface area contributed by atoms with E-state index in [2.05, 4.69) is 5.32 Å². The van der Waals surface area contributed by atoms with Crippen molar-refractivity contribution in [3.8, 4) is 0 Å². The molecule has 1 aliphatic rings. The highest BCUT2D eigenvalue weighted by Crippen LogP contribution is 2.27. The first-order chi connectivity index (χ1) is 9.15. The lowest BCUT2D eigenvalue weighted by atomic mass is 9.98. The summed E-state index contributed by atoms with van der Waals surface area (Å²) >= 11 is 0. The standard InChI is InChI=1S/C16H13NO2/c1-10(18)11-6-7-15-13(8-11)9-12-4-2-3-5-14(12)16(19)17-15/h2-8H,9H2,1H3,(H,17,19). The second-order valence-electron chi connectivity index (χ2n) is 4.72. The highest BCUT2D eigenvalue weighted by molar-refractivity contribution is 6.07. The summed E-state index contributed by atoms with van der Waals surface area (Å²) in [6, 6.07) is 13.0. The van der Waals surface area contributed by atoms with Gasteiger partial charge in [-0.3, -0.25) is 9.59 Å². The Hall–Kier alpha value is -2.42. The molecule has 0 saturated carbocycles. The maximum atomic E-state index is 12.1. The van der Waals surface area contributed by atoms with Gasteiger partial charge in [0.25, 0.3) is 5.91 Å². The molecule has 0 spiro atoms. The van der Waals surface area contributed by atoms with Gasteiger partial charge in [0.05, 0.1) is 0 Å². The Bertz CT molecular complexity index is 689. The highest BCUT2D eigenvalue weighted by atomic mass is 16.1. The molecule has 0 bridgehead atoms. The fourth-order valence-electron chi connectivity index (χ4n) is 2.37. The Balaban J connectivity index is 2.14. The minimum atomic E-state index is -0.0927. The number of nitrogens with one attached hydrogen (secondary N) is 1. The van der Waals surface area contributed by atoms with Crippen molar-refractivity contribution >= 4 is 17.4 Å². The highest BCUT2D eigenvalue weighted by Gasteiger charge is 2.19. The molecule has 94 valence electrons. The zero-order chi connectivity index (χ0) is 13.4. The first-order valence-electron chi connectivity index (χ1n) is 6.18. The third kappa shape index (κ3) is 2.03. The number of amides is 1. The fraction of sp³-hybridized carbons (Fsp3) is 0.125. The van der Waals surface area contributed by atoms with E-state index in [-0.39, 0.29) is 11.7 Å². The number of Topliss-reactive ketones (excluding diaryl/α,β-unsaturated/α-hetero) is 1. The molecule has 3 heteroatoms. The molecule has 0 fully saturated rings. The number of ketones is 1. The van der Waals surface area contributed by atoms with Gasteiger partial charge in [-0.1, -0.05) is 18.2 Å². The Labute approximate surface area is 111 Å². The van der Waals surface area contributed by atoms with Gasteiger partial charge < -0.3 is 5.32 Å². The average molecular weight is 251 g/mol. The summed E-state index contributed by atoms with van der Waals surface area (Å²) in [5, 5.41) is 2.89. The number of carbonyl (C=O) groups excluding carboxylic acids is 2. The van der Waals surface area contributed by atoms with E-state index in [1.807, 2.05) is 30.3 Å². The third-order valence-corrected chi connectivity index (χ3v) is 3.40. The van der Waals surface area contributed by atoms with E-state index in [4.69, 9.17) is 0 Å². The summed E-state index contributed by atoms with van der Waals surface area (Å²) in [6.45, 7) is 1.55. The predicted octanol–water partition coefficient (Wildman–Crippen LogP) is 3.05. The summed E-state index contributed by atoms with van der Waals surface area (Å²) in [7, 11) is 0. The molecular weight excluding hydrogens is 238 g/mol. The molecule has 1 amide bonds. The normalized spacial score (nSPS) is 13.0. The number of fused-ring (bicyclic) bond motifs is 2. The quantitative estimate of drug-likeness (QED) is 0.792. The van der Waals surface area contributed by atoms with E-state index >= 15 is 0 Å². The van der Waals surface area contributed by atoms with E-state index in [9.17, 15) is 9.59 Å². The third-order valence-electron chi connectivity index (χ3n) is 3.40. The lowest BCUT2D eigenvalue weighted by Gasteiger charge is -2.07. The van der Waals surface area contributed by atoms with Crippen LogP contribution in [0.2, 0.25) is 0 Å². The van der Waals surface area contributed by atoms with Crippen LogP contribution in [0.1, 0.15) is 38.8 Å². The Morgan fingerprint density at radius 2 is 1.89 bits per heavy atom. The molecule has 3 nitrogen and oxygen atoms in total. The number of anilines is 1. The van der Waals surface area contributed by atoms with Crippen LogP contribution in [0.4, 0.5) is 5.69 Å². The SMILES string of the molecule is CC(=O)c1ccc2c(c1)Cc1ccccc1C(=O)N2.